The van der Waals surface area contributed by atoms with Crippen molar-refractivity contribution in [2.24, 2.45) is 0 Å². The van der Waals surface area contributed by atoms with Gasteiger partial charge in [0.15, 0.2) is 0 Å². The summed E-state index contributed by atoms with van der Waals surface area (Å²) in [5.74, 6) is 1.49. The lowest BCUT2D eigenvalue weighted by atomic mass is 9.88. The number of likely N-dealkylation sites (N-methyl/N-ethyl adjacent to an activating group) is 1. The molecule has 2 aliphatic heterocycles. The molecule has 4 atom stereocenters. The van der Waals surface area contributed by atoms with E-state index in [4.69, 9.17) is 23.7 Å². The summed E-state index contributed by atoms with van der Waals surface area (Å²) in [4.78, 5) is 2.10. The fraction of sp³-hybridized carbons (Fsp3) is 0.600. The average molecular weight is 500 g/mol. The Bertz CT molecular complexity index is 898. The van der Waals surface area contributed by atoms with Gasteiger partial charge in [-0.3, -0.25) is 0 Å². The third-order valence-electron chi connectivity index (χ3n) is 6.74. The van der Waals surface area contributed by atoms with Crippen LogP contribution in [0.5, 0.6) is 5.75 Å². The third-order valence-corrected chi connectivity index (χ3v) is 6.74. The van der Waals surface area contributed by atoms with Crippen molar-refractivity contribution in [3.05, 3.63) is 59.9 Å². The molecule has 0 spiro atoms. The highest BCUT2D eigenvalue weighted by Crippen LogP contribution is 2.50. The molecule has 2 aliphatic rings. The molecule has 0 aliphatic carbocycles. The predicted octanol–water partition coefficient (Wildman–Crippen LogP) is 5.64. The van der Waals surface area contributed by atoms with E-state index in [0.717, 1.165) is 50.1 Å². The van der Waals surface area contributed by atoms with E-state index in [1.54, 1.807) is 7.11 Å². The number of allylic oxidation sites excluding steroid dienone is 2. The summed E-state index contributed by atoms with van der Waals surface area (Å²) in [7, 11) is 5.77. The molecular formula is C30H45NO5. The molecule has 200 valence electrons. The van der Waals surface area contributed by atoms with Crippen LogP contribution in [0.15, 0.2) is 54.3 Å². The molecular weight excluding hydrogens is 454 g/mol. The number of ether oxygens (including phenoxy) is 5. The smallest absolute Gasteiger partial charge is 0.122 e. The number of hydrogen-bond acceptors (Lipinski definition) is 6. The number of nitrogens with zero attached hydrogens (tertiary/aromatic N) is 1. The molecule has 2 fully saturated rings. The minimum atomic E-state index is -0.0998. The van der Waals surface area contributed by atoms with Gasteiger partial charge in [-0.25, -0.2) is 0 Å². The molecule has 6 nitrogen and oxygen atoms in total. The summed E-state index contributed by atoms with van der Waals surface area (Å²) >= 11 is 0. The second-order valence-corrected chi connectivity index (χ2v) is 10.8. The lowest BCUT2D eigenvalue weighted by Crippen LogP contribution is -2.26. The van der Waals surface area contributed by atoms with Crippen LogP contribution >= 0.6 is 0 Å². The summed E-state index contributed by atoms with van der Waals surface area (Å²) in [6, 6.07) is 8.02. The van der Waals surface area contributed by atoms with Gasteiger partial charge in [-0.05, 0) is 77.9 Å². The molecule has 1 aromatic rings. The molecule has 0 radical (unpaired) electrons. The Labute approximate surface area is 217 Å². The molecule has 3 rings (SSSR count). The van der Waals surface area contributed by atoms with Gasteiger partial charge in [-0.1, -0.05) is 36.4 Å². The number of hydrogen-bond donors (Lipinski definition) is 0. The van der Waals surface area contributed by atoms with E-state index in [2.05, 4.69) is 38.3 Å². The summed E-state index contributed by atoms with van der Waals surface area (Å²) < 4.78 is 29.3. The van der Waals surface area contributed by atoms with Crippen molar-refractivity contribution in [1.29, 1.82) is 0 Å². The lowest BCUT2D eigenvalue weighted by Gasteiger charge is -2.21. The highest BCUT2D eigenvalue weighted by molar-refractivity contribution is 5.53. The van der Waals surface area contributed by atoms with Crippen LogP contribution in [0.25, 0.3) is 6.08 Å². The maximum absolute atomic E-state index is 6.14. The van der Waals surface area contributed by atoms with Gasteiger partial charge in [0, 0.05) is 20.1 Å². The van der Waals surface area contributed by atoms with Gasteiger partial charge < -0.3 is 28.6 Å². The molecule has 36 heavy (non-hydrogen) atoms. The molecule has 0 N–H and O–H groups in total. The molecule has 1 aromatic carbocycles. The second kappa shape index (κ2) is 12.9. The van der Waals surface area contributed by atoms with E-state index < -0.39 is 0 Å². The Morgan fingerprint density at radius 3 is 2.58 bits per heavy atom. The first-order chi connectivity index (χ1) is 17.1. The van der Waals surface area contributed by atoms with Crippen LogP contribution in [-0.4, -0.2) is 75.9 Å². The van der Waals surface area contributed by atoms with Crippen molar-refractivity contribution in [3.63, 3.8) is 0 Å². The highest BCUT2D eigenvalue weighted by atomic mass is 16.6. The van der Waals surface area contributed by atoms with E-state index in [9.17, 15) is 0 Å². The van der Waals surface area contributed by atoms with Gasteiger partial charge in [0.05, 0.1) is 30.5 Å². The Morgan fingerprint density at radius 2 is 1.97 bits per heavy atom. The van der Waals surface area contributed by atoms with Gasteiger partial charge >= 0.3 is 0 Å². The molecule has 0 bridgehead atoms. The van der Waals surface area contributed by atoms with E-state index in [0.29, 0.717) is 25.1 Å². The van der Waals surface area contributed by atoms with E-state index in [1.807, 2.05) is 50.5 Å². The van der Waals surface area contributed by atoms with Gasteiger partial charge in [0.25, 0.3) is 0 Å². The molecule has 2 saturated heterocycles. The molecule has 2 heterocycles. The zero-order valence-corrected chi connectivity index (χ0v) is 23.0. The number of rotatable bonds is 17. The molecule has 0 amide bonds. The van der Waals surface area contributed by atoms with Gasteiger partial charge in [-0.2, -0.15) is 0 Å². The Kier molecular flexibility index (Phi) is 10.2. The topological polar surface area (TPSA) is 56.0 Å². The summed E-state index contributed by atoms with van der Waals surface area (Å²) in [6.45, 7) is 13.4. The molecule has 0 aromatic heterocycles. The standard InChI is InChI=1S/C30H45NO5/c1-23(2)8-15-28-29(4,36-28)21-30(22-34-30)17-16-27(20-32-7)35-24(3)9-10-25-11-13-26(14-12-25)33-19-18-31(5)6/h8-14,27-28H,3,15-22H2,1-2,4-7H3. The van der Waals surface area contributed by atoms with Crippen LogP contribution in [-0.2, 0) is 18.9 Å². The Hall–Kier alpha value is -2.12. The maximum atomic E-state index is 6.14. The fourth-order valence-electron chi connectivity index (χ4n) is 4.41. The summed E-state index contributed by atoms with van der Waals surface area (Å²) in [5, 5.41) is 0. The second-order valence-electron chi connectivity index (χ2n) is 10.8. The summed E-state index contributed by atoms with van der Waals surface area (Å²) in [5.41, 5.74) is 2.21. The van der Waals surface area contributed by atoms with E-state index >= 15 is 0 Å². The average Bonchev–Trinajstić information content (AvgIpc) is 3.73. The zero-order valence-electron chi connectivity index (χ0n) is 23.0. The highest BCUT2D eigenvalue weighted by Gasteiger charge is 2.59. The van der Waals surface area contributed by atoms with Crippen LogP contribution in [0.3, 0.4) is 0 Å². The van der Waals surface area contributed by atoms with Crippen molar-refractivity contribution >= 4 is 6.08 Å². The largest absolute Gasteiger partial charge is 0.492 e. The first-order valence-electron chi connectivity index (χ1n) is 13.0. The van der Waals surface area contributed by atoms with E-state index in [1.165, 1.54) is 5.57 Å². The minimum absolute atomic E-state index is 0.0740. The van der Waals surface area contributed by atoms with Crippen molar-refractivity contribution in [2.45, 2.75) is 69.9 Å². The van der Waals surface area contributed by atoms with Crippen molar-refractivity contribution in [1.82, 2.24) is 4.90 Å². The number of benzene rings is 1. The van der Waals surface area contributed by atoms with Crippen LogP contribution < -0.4 is 4.74 Å². The number of methoxy groups -OCH3 is 1. The van der Waals surface area contributed by atoms with Crippen molar-refractivity contribution in [3.8, 4) is 5.75 Å². The Morgan fingerprint density at radius 1 is 1.25 bits per heavy atom. The monoisotopic (exact) mass is 499 g/mol. The molecule has 0 saturated carbocycles. The fourth-order valence-corrected chi connectivity index (χ4v) is 4.41. The Balaban J connectivity index is 1.43. The predicted molar refractivity (Wildman–Crippen MR) is 145 cm³/mol. The first kappa shape index (κ1) is 28.5. The zero-order chi connectivity index (χ0) is 26.2. The third kappa shape index (κ3) is 9.40. The van der Waals surface area contributed by atoms with Gasteiger partial charge in [0.2, 0.25) is 0 Å². The number of epoxide rings is 2. The van der Waals surface area contributed by atoms with Crippen LogP contribution in [0.4, 0.5) is 0 Å². The molecule has 4 unspecified atom stereocenters. The van der Waals surface area contributed by atoms with Crippen molar-refractivity contribution in [2.75, 3.05) is 47.6 Å². The quantitative estimate of drug-likeness (QED) is 0.120. The van der Waals surface area contributed by atoms with Gasteiger partial charge in [-0.15, -0.1) is 0 Å². The van der Waals surface area contributed by atoms with Crippen LogP contribution in [0.2, 0.25) is 0 Å². The van der Waals surface area contributed by atoms with Crippen molar-refractivity contribution < 1.29 is 23.7 Å². The van der Waals surface area contributed by atoms with Crippen LogP contribution in [0.1, 0.15) is 52.0 Å². The summed E-state index contributed by atoms with van der Waals surface area (Å²) in [6.07, 6.45) is 10.0. The first-order valence-corrected chi connectivity index (χ1v) is 13.0. The SMILES string of the molecule is C=C(C=Cc1ccc(OCCN(C)C)cc1)OC(CCC1(CC2(C)OC2CC=C(C)C)CO1)COC. The van der Waals surface area contributed by atoms with Crippen LogP contribution in [0, 0.1) is 0 Å². The lowest BCUT2D eigenvalue weighted by molar-refractivity contribution is 0.0303. The maximum Gasteiger partial charge on any atom is 0.122 e. The van der Waals surface area contributed by atoms with E-state index in [-0.39, 0.29) is 17.3 Å². The van der Waals surface area contributed by atoms with Gasteiger partial charge in [0.1, 0.15) is 24.2 Å². The molecule has 6 heteroatoms. The minimum Gasteiger partial charge on any atom is -0.492 e. The normalized spacial score (nSPS) is 25.6.